The molecule has 344 valence electrons. The van der Waals surface area contributed by atoms with Gasteiger partial charge in [0.1, 0.15) is 48.0 Å². The van der Waals surface area contributed by atoms with Gasteiger partial charge in [-0.15, -0.1) is 0 Å². The summed E-state index contributed by atoms with van der Waals surface area (Å²) in [5, 5.41) is 36.5. The lowest BCUT2D eigenvalue weighted by atomic mass is 10.0. The predicted octanol–water partition coefficient (Wildman–Crippen LogP) is -3.28. The highest BCUT2D eigenvalue weighted by molar-refractivity contribution is 5.97. The van der Waals surface area contributed by atoms with Crippen molar-refractivity contribution in [2.75, 3.05) is 26.2 Å². The molecule has 2 aromatic carbocycles. The summed E-state index contributed by atoms with van der Waals surface area (Å²) in [5.74, 6) is -6.44. The lowest BCUT2D eigenvalue weighted by Crippen LogP contribution is -2.58. The molecule has 2 aromatic rings. The first-order valence-electron chi connectivity index (χ1n) is 20.6. The molecule has 1 aliphatic heterocycles. The predicted molar refractivity (Wildman–Crippen MR) is 227 cm³/mol. The Labute approximate surface area is 365 Å². The molecule has 0 aliphatic carbocycles. The van der Waals surface area contributed by atoms with Crippen molar-refractivity contribution in [3.05, 3.63) is 65.7 Å². The third-order valence-corrected chi connectivity index (χ3v) is 10.1. The largest absolute Gasteiger partial charge is 0.508 e. The van der Waals surface area contributed by atoms with Crippen LogP contribution in [0.5, 0.6) is 5.75 Å². The second-order valence-electron chi connectivity index (χ2n) is 15.8. The molecule has 0 bridgehead atoms. The molecule has 9 amide bonds. The quantitative estimate of drug-likeness (QED) is 0.0524. The molecule has 63 heavy (non-hydrogen) atoms. The van der Waals surface area contributed by atoms with Gasteiger partial charge >= 0.3 is 0 Å². The van der Waals surface area contributed by atoms with Gasteiger partial charge in [-0.2, -0.15) is 0 Å². The molecule has 0 spiro atoms. The molecular weight excluding hydrogens is 821 g/mol. The van der Waals surface area contributed by atoms with E-state index in [0.717, 1.165) is 0 Å². The molecular formula is C42H60N10O11. The summed E-state index contributed by atoms with van der Waals surface area (Å²) in [6, 6.07) is 6.50. The van der Waals surface area contributed by atoms with Crippen LogP contribution in [-0.2, 0) is 56.0 Å². The number of carbonyl (C=O) groups is 9. The minimum Gasteiger partial charge on any atom is -0.508 e. The Balaban J connectivity index is 1.71. The van der Waals surface area contributed by atoms with Crippen LogP contribution in [0.25, 0.3) is 0 Å². The minimum atomic E-state index is -1.30. The monoisotopic (exact) mass is 880 g/mol. The lowest BCUT2D eigenvalue weighted by molar-refractivity contribution is -0.140. The van der Waals surface area contributed by atoms with Crippen LogP contribution in [0.2, 0.25) is 0 Å². The van der Waals surface area contributed by atoms with E-state index >= 15 is 0 Å². The van der Waals surface area contributed by atoms with Gasteiger partial charge < -0.3 is 63.8 Å². The number of amides is 9. The number of phenols is 1. The standard InChI is InChI=1S/C42H60N10O11/c1-23(2)17-30(36(44)57)49-34(55)20-45-40(61)31(18-26-9-6-5-7-10-26)50-38(59)25(4)48-41(62)32(19-27-12-14-28(54)15-13-27)51-42(63)33-11-8-16-52(33)35(56)21-46-37(58)24(3)47-39(60)29(43)22-53/h5-7,9-10,12-15,23-25,29-33,53-54H,8,11,16-22,43H2,1-4H3,(H2,44,57)(H,45,61)(H,46,58)(H,47,60)(H,48,62)(H,49,55)(H,50,59)(H,51,63). The summed E-state index contributed by atoms with van der Waals surface area (Å²) in [6.45, 7) is 4.94. The molecule has 13 N–H and O–H groups in total. The number of hydrogen-bond acceptors (Lipinski definition) is 12. The van der Waals surface area contributed by atoms with Gasteiger partial charge in [0.05, 0.1) is 19.7 Å². The number of hydrogen-bond donors (Lipinski definition) is 11. The fraction of sp³-hybridized carbons (Fsp3) is 0.500. The Morgan fingerprint density at radius 3 is 1.86 bits per heavy atom. The average molecular weight is 881 g/mol. The molecule has 1 heterocycles. The molecule has 0 saturated carbocycles. The first-order valence-corrected chi connectivity index (χ1v) is 20.6. The third kappa shape index (κ3) is 16.6. The highest BCUT2D eigenvalue weighted by atomic mass is 16.3. The maximum atomic E-state index is 13.9. The minimum absolute atomic E-state index is 0.00665. The van der Waals surface area contributed by atoms with Gasteiger partial charge in [0.15, 0.2) is 0 Å². The van der Waals surface area contributed by atoms with Crippen LogP contribution >= 0.6 is 0 Å². The Morgan fingerprint density at radius 2 is 1.25 bits per heavy atom. The average Bonchev–Trinajstić information content (AvgIpc) is 3.75. The molecule has 0 radical (unpaired) electrons. The number of rotatable bonds is 23. The van der Waals surface area contributed by atoms with E-state index in [2.05, 4.69) is 37.2 Å². The van der Waals surface area contributed by atoms with E-state index in [9.17, 15) is 48.3 Å². The third-order valence-electron chi connectivity index (χ3n) is 10.1. The first kappa shape index (κ1) is 50.7. The summed E-state index contributed by atoms with van der Waals surface area (Å²) in [4.78, 5) is 118. The molecule has 21 nitrogen and oxygen atoms in total. The van der Waals surface area contributed by atoms with Crippen LogP contribution in [-0.4, -0.2) is 137 Å². The van der Waals surface area contributed by atoms with Gasteiger partial charge in [-0.05, 0) is 62.3 Å². The van der Waals surface area contributed by atoms with Crippen molar-refractivity contribution in [3.63, 3.8) is 0 Å². The van der Waals surface area contributed by atoms with Crippen molar-refractivity contribution in [2.24, 2.45) is 17.4 Å². The maximum absolute atomic E-state index is 13.9. The van der Waals surface area contributed by atoms with Gasteiger partial charge in [0, 0.05) is 19.4 Å². The SMILES string of the molecule is CC(C)CC(NC(=O)CNC(=O)C(Cc1ccccc1)NC(=O)C(C)NC(=O)C(Cc1ccc(O)cc1)NC(=O)C1CCCN1C(=O)CNC(=O)C(C)NC(=O)C(N)CO)C(N)=O. The Hall–Kier alpha value is -6.61. The van der Waals surface area contributed by atoms with Gasteiger partial charge in [-0.3, -0.25) is 43.2 Å². The van der Waals surface area contributed by atoms with Crippen molar-refractivity contribution >= 4 is 53.2 Å². The topological polar surface area (TPSA) is 334 Å². The summed E-state index contributed by atoms with van der Waals surface area (Å²) >= 11 is 0. The molecule has 3 rings (SSSR count). The zero-order valence-corrected chi connectivity index (χ0v) is 35.8. The number of aromatic hydroxyl groups is 1. The van der Waals surface area contributed by atoms with Crippen molar-refractivity contribution in [1.29, 1.82) is 0 Å². The van der Waals surface area contributed by atoms with Crippen LogP contribution < -0.4 is 48.7 Å². The van der Waals surface area contributed by atoms with E-state index < -0.39 is 115 Å². The number of nitrogens with one attached hydrogen (secondary N) is 7. The second-order valence-corrected chi connectivity index (χ2v) is 15.8. The van der Waals surface area contributed by atoms with E-state index in [4.69, 9.17) is 16.6 Å². The second kappa shape index (κ2) is 24.7. The molecule has 7 atom stereocenters. The summed E-state index contributed by atoms with van der Waals surface area (Å²) in [6.07, 6.45) is 0.871. The first-order chi connectivity index (χ1) is 29.8. The number of likely N-dealkylation sites (tertiary alicyclic amines) is 1. The number of phenolic OH excluding ortho intramolecular Hbond substituents is 1. The van der Waals surface area contributed by atoms with E-state index in [-0.39, 0.29) is 37.5 Å². The number of carbonyl (C=O) groups excluding carboxylic acids is 9. The Bertz CT molecular complexity index is 1930. The van der Waals surface area contributed by atoms with E-state index in [1.165, 1.54) is 43.0 Å². The number of aliphatic hydroxyl groups is 1. The molecule has 7 unspecified atom stereocenters. The highest BCUT2D eigenvalue weighted by Gasteiger charge is 2.37. The summed E-state index contributed by atoms with van der Waals surface area (Å²) in [5.41, 5.74) is 12.1. The number of benzene rings is 2. The molecule has 21 heteroatoms. The number of nitrogens with two attached hydrogens (primary N) is 2. The van der Waals surface area contributed by atoms with Crippen LogP contribution in [0.15, 0.2) is 54.6 Å². The van der Waals surface area contributed by atoms with Crippen LogP contribution in [0.4, 0.5) is 0 Å². The zero-order chi connectivity index (χ0) is 46.8. The van der Waals surface area contributed by atoms with Crippen LogP contribution in [0.3, 0.4) is 0 Å². The van der Waals surface area contributed by atoms with Crippen molar-refractivity contribution < 1.29 is 53.4 Å². The number of primary amides is 1. The van der Waals surface area contributed by atoms with Gasteiger partial charge in [0.2, 0.25) is 53.2 Å². The smallest absolute Gasteiger partial charge is 0.243 e. The zero-order valence-electron chi connectivity index (χ0n) is 35.8. The van der Waals surface area contributed by atoms with E-state index in [1.54, 1.807) is 30.3 Å². The van der Waals surface area contributed by atoms with Gasteiger partial charge in [-0.25, -0.2) is 0 Å². The normalized spacial score (nSPS) is 16.2. The number of nitrogens with zero attached hydrogens (tertiary/aromatic N) is 1. The fourth-order valence-corrected chi connectivity index (χ4v) is 6.56. The van der Waals surface area contributed by atoms with Crippen molar-refractivity contribution in [2.45, 2.75) is 102 Å². The van der Waals surface area contributed by atoms with Crippen LogP contribution in [0, 0.1) is 5.92 Å². The van der Waals surface area contributed by atoms with E-state index in [1.807, 2.05) is 13.8 Å². The maximum Gasteiger partial charge on any atom is 0.243 e. The summed E-state index contributed by atoms with van der Waals surface area (Å²) in [7, 11) is 0. The Kier molecular flexibility index (Phi) is 19.9. The van der Waals surface area contributed by atoms with Crippen LogP contribution in [0.1, 0.15) is 58.1 Å². The molecule has 1 fully saturated rings. The molecule has 1 saturated heterocycles. The van der Waals surface area contributed by atoms with Crippen molar-refractivity contribution in [3.8, 4) is 5.75 Å². The van der Waals surface area contributed by atoms with Gasteiger partial charge in [0.25, 0.3) is 0 Å². The van der Waals surface area contributed by atoms with Crippen molar-refractivity contribution in [1.82, 2.24) is 42.1 Å². The highest BCUT2D eigenvalue weighted by Crippen LogP contribution is 2.19. The van der Waals surface area contributed by atoms with Gasteiger partial charge in [-0.1, -0.05) is 56.3 Å². The van der Waals surface area contributed by atoms with E-state index in [0.29, 0.717) is 24.0 Å². The fourth-order valence-electron chi connectivity index (χ4n) is 6.56. The lowest BCUT2D eigenvalue weighted by Gasteiger charge is -2.27. The number of aliphatic hydroxyl groups excluding tert-OH is 1. The summed E-state index contributed by atoms with van der Waals surface area (Å²) < 4.78 is 0. The molecule has 1 aliphatic rings. The molecule has 0 aromatic heterocycles. The Morgan fingerprint density at radius 1 is 0.683 bits per heavy atom.